The predicted molar refractivity (Wildman–Crippen MR) is 67.3 cm³/mol. The Labute approximate surface area is 99.9 Å². The fourth-order valence-electron chi connectivity index (χ4n) is 1.30. The molecule has 0 radical (unpaired) electrons. The summed E-state index contributed by atoms with van der Waals surface area (Å²) >= 11 is 3.53. The Hall–Kier alpha value is -0.540. The molecule has 84 valence electrons. The Balaban J connectivity index is 2.70. The van der Waals surface area contributed by atoms with Crippen molar-refractivity contribution in [3.8, 4) is 5.75 Å². The number of nitrogens with two attached hydrogens (primary N) is 1. The van der Waals surface area contributed by atoms with Gasteiger partial charge in [0.25, 0.3) is 0 Å². The first-order valence-electron chi connectivity index (χ1n) is 5.14. The molecule has 1 rings (SSSR count). The third-order valence-electron chi connectivity index (χ3n) is 2.35. The summed E-state index contributed by atoms with van der Waals surface area (Å²) in [6, 6.07) is 4.08. The molecule has 1 atom stereocenters. The van der Waals surface area contributed by atoms with Gasteiger partial charge in [-0.05, 0) is 43.7 Å². The van der Waals surface area contributed by atoms with Crippen LogP contribution in [0.5, 0.6) is 5.75 Å². The van der Waals surface area contributed by atoms with Crippen molar-refractivity contribution in [3.63, 3.8) is 0 Å². The monoisotopic (exact) mass is 271 g/mol. The molecule has 2 N–H and O–H groups in total. The van der Waals surface area contributed by atoms with Crippen LogP contribution in [0.25, 0.3) is 0 Å². The minimum absolute atomic E-state index is 0.397. The molecule has 3 heteroatoms. The van der Waals surface area contributed by atoms with Crippen LogP contribution in [0.2, 0.25) is 0 Å². The summed E-state index contributed by atoms with van der Waals surface area (Å²) in [6.07, 6.45) is 0. The average Bonchev–Trinajstić information content (AvgIpc) is 2.22. The highest BCUT2D eigenvalue weighted by Crippen LogP contribution is 2.26. The third kappa shape index (κ3) is 3.50. The van der Waals surface area contributed by atoms with Gasteiger partial charge in [0.2, 0.25) is 0 Å². The number of hydrogen-bond acceptors (Lipinski definition) is 2. The van der Waals surface area contributed by atoms with Gasteiger partial charge in [-0.3, -0.25) is 0 Å². The van der Waals surface area contributed by atoms with Crippen molar-refractivity contribution in [3.05, 3.63) is 27.7 Å². The van der Waals surface area contributed by atoms with E-state index in [4.69, 9.17) is 10.5 Å². The van der Waals surface area contributed by atoms with Gasteiger partial charge in [0.15, 0.2) is 0 Å². The van der Waals surface area contributed by atoms with E-state index in [1.807, 2.05) is 12.1 Å². The fraction of sp³-hybridized carbons (Fsp3) is 0.500. The van der Waals surface area contributed by atoms with Gasteiger partial charge in [0, 0.05) is 10.4 Å². The van der Waals surface area contributed by atoms with Crippen LogP contribution in [0.3, 0.4) is 0 Å². The van der Waals surface area contributed by atoms with Crippen LogP contribution in [-0.4, -0.2) is 13.2 Å². The molecule has 0 saturated carbocycles. The molecule has 0 aliphatic carbocycles. The predicted octanol–water partition coefficient (Wildman–Crippen LogP) is 3.04. The largest absolute Gasteiger partial charge is 0.493 e. The van der Waals surface area contributed by atoms with Crippen LogP contribution in [0.15, 0.2) is 16.6 Å². The molecular weight excluding hydrogens is 254 g/mol. The van der Waals surface area contributed by atoms with Crippen molar-refractivity contribution in [2.75, 3.05) is 13.2 Å². The number of ether oxygens (including phenoxy) is 1. The lowest BCUT2D eigenvalue weighted by molar-refractivity contribution is 0.263. The average molecular weight is 272 g/mol. The van der Waals surface area contributed by atoms with E-state index < -0.39 is 0 Å². The van der Waals surface area contributed by atoms with Crippen LogP contribution < -0.4 is 10.5 Å². The minimum Gasteiger partial charge on any atom is -0.493 e. The second-order valence-corrected chi connectivity index (χ2v) is 4.82. The highest BCUT2D eigenvalue weighted by Gasteiger charge is 2.05. The Morgan fingerprint density at radius 1 is 1.33 bits per heavy atom. The van der Waals surface area contributed by atoms with Crippen molar-refractivity contribution in [1.29, 1.82) is 0 Å². The van der Waals surface area contributed by atoms with Crippen molar-refractivity contribution in [2.24, 2.45) is 11.7 Å². The first-order valence-corrected chi connectivity index (χ1v) is 5.93. The lowest BCUT2D eigenvalue weighted by Crippen LogP contribution is -2.18. The Morgan fingerprint density at radius 3 is 2.33 bits per heavy atom. The molecule has 1 unspecified atom stereocenters. The molecule has 0 spiro atoms. The highest BCUT2D eigenvalue weighted by molar-refractivity contribution is 9.10. The quantitative estimate of drug-likeness (QED) is 0.914. The molecule has 0 amide bonds. The SMILES string of the molecule is Cc1cc(OCC(C)CN)cc(C)c1Br. The van der Waals surface area contributed by atoms with E-state index in [1.165, 1.54) is 11.1 Å². The summed E-state index contributed by atoms with van der Waals surface area (Å²) in [6.45, 7) is 7.55. The van der Waals surface area contributed by atoms with Gasteiger partial charge in [-0.15, -0.1) is 0 Å². The van der Waals surface area contributed by atoms with E-state index >= 15 is 0 Å². The molecular formula is C12H18BrNO. The summed E-state index contributed by atoms with van der Waals surface area (Å²) < 4.78 is 6.83. The fourth-order valence-corrected chi connectivity index (χ4v) is 1.52. The van der Waals surface area contributed by atoms with E-state index in [9.17, 15) is 0 Å². The normalized spacial score (nSPS) is 12.6. The van der Waals surface area contributed by atoms with Gasteiger partial charge >= 0.3 is 0 Å². The van der Waals surface area contributed by atoms with E-state index in [2.05, 4.69) is 36.7 Å². The van der Waals surface area contributed by atoms with Crippen molar-refractivity contribution < 1.29 is 4.74 Å². The lowest BCUT2D eigenvalue weighted by atomic mass is 10.1. The van der Waals surface area contributed by atoms with E-state index in [1.54, 1.807) is 0 Å². The lowest BCUT2D eigenvalue weighted by Gasteiger charge is -2.13. The van der Waals surface area contributed by atoms with Crippen LogP contribution in [0.1, 0.15) is 18.1 Å². The van der Waals surface area contributed by atoms with Gasteiger partial charge < -0.3 is 10.5 Å². The Morgan fingerprint density at radius 2 is 1.87 bits per heavy atom. The van der Waals surface area contributed by atoms with Crippen molar-refractivity contribution in [1.82, 2.24) is 0 Å². The zero-order chi connectivity index (χ0) is 11.4. The van der Waals surface area contributed by atoms with E-state index in [-0.39, 0.29) is 0 Å². The zero-order valence-electron chi connectivity index (χ0n) is 9.51. The Kier molecular flexibility index (Phi) is 4.61. The molecule has 0 aliphatic heterocycles. The van der Waals surface area contributed by atoms with Crippen molar-refractivity contribution in [2.45, 2.75) is 20.8 Å². The van der Waals surface area contributed by atoms with E-state index in [0.717, 1.165) is 10.2 Å². The second kappa shape index (κ2) is 5.52. The topological polar surface area (TPSA) is 35.2 Å². The summed E-state index contributed by atoms with van der Waals surface area (Å²) in [5, 5.41) is 0. The molecule has 0 aromatic heterocycles. The van der Waals surface area contributed by atoms with E-state index in [0.29, 0.717) is 19.1 Å². The molecule has 0 aliphatic rings. The van der Waals surface area contributed by atoms with Crippen LogP contribution in [0, 0.1) is 19.8 Å². The molecule has 0 heterocycles. The van der Waals surface area contributed by atoms with Crippen LogP contribution in [-0.2, 0) is 0 Å². The maximum absolute atomic E-state index is 5.67. The molecule has 0 saturated heterocycles. The first-order chi connectivity index (χ1) is 7.04. The van der Waals surface area contributed by atoms with Crippen LogP contribution in [0.4, 0.5) is 0 Å². The summed E-state index contributed by atoms with van der Waals surface area (Å²) in [5.41, 5.74) is 7.93. The van der Waals surface area contributed by atoms with Gasteiger partial charge in [0.1, 0.15) is 5.75 Å². The molecule has 2 nitrogen and oxygen atoms in total. The van der Waals surface area contributed by atoms with Gasteiger partial charge in [-0.1, -0.05) is 22.9 Å². The maximum Gasteiger partial charge on any atom is 0.119 e. The van der Waals surface area contributed by atoms with Crippen LogP contribution >= 0.6 is 15.9 Å². The third-order valence-corrected chi connectivity index (χ3v) is 3.60. The maximum atomic E-state index is 5.67. The number of hydrogen-bond donors (Lipinski definition) is 1. The summed E-state index contributed by atoms with van der Waals surface area (Å²) in [4.78, 5) is 0. The molecule has 15 heavy (non-hydrogen) atoms. The number of halogens is 1. The molecule has 1 aromatic rings. The summed E-state index contributed by atoms with van der Waals surface area (Å²) in [5.74, 6) is 1.32. The first kappa shape index (κ1) is 12.5. The molecule has 0 bridgehead atoms. The van der Waals surface area contributed by atoms with Gasteiger partial charge in [-0.2, -0.15) is 0 Å². The zero-order valence-corrected chi connectivity index (χ0v) is 11.1. The Bertz CT molecular complexity index is 315. The second-order valence-electron chi connectivity index (χ2n) is 4.02. The summed E-state index contributed by atoms with van der Waals surface area (Å²) in [7, 11) is 0. The van der Waals surface area contributed by atoms with Gasteiger partial charge in [0.05, 0.1) is 6.61 Å². The number of benzene rings is 1. The standard InChI is InChI=1S/C12H18BrNO/c1-8(6-14)7-15-11-4-9(2)12(13)10(3)5-11/h4-5,8H,6-7,14H2,1-3H3. The smallest absolute Gasteiger partial charge is 0.119 e. The minimum atomic E-state index is 0.397. The molecule has 1 aromatic carbocycles. The number of aryl methyl sites for hydroxylation is 2. The highest BCUT2D eigenvalue weighted by atomic mass is 79.9. The van der Waals surface area contributed by atoms with Gasteiger partial charge in [-0.25, -0.2) is 0 Å². The van der Waals surface area contributed by atoms with Crippen molar-refractivity contribution >= 4 is 15.9 Å². The number of rotatable bonds is 4. The molecule has 0 fully saturated rings.